The highest BCUT2D eigenvalue weighted by molar-refractivity contribution is 5.69. The summed E-state index contributed by atoms with van der Waals surface area (Å²) < 4.78 is 4.86. The summed E-state index contributed by atoms with van der Waals surface area (Å²) in [4.78, 5) is 13.3. The summed E-state index contributed by atoms with van der Waals surface area (Å²) >= 11 is 0. The van der Waals surface area contributed by atoms with Crippen molar-refractivity contribution < 1.29 is 9.53 Å². The normalized spacial score (nSPS) is 20.1. The largest absolute Gasteiger partial charge is 0.466 e. The average Bonchev–Trinajstić information content (AvgIpc) is 2.76. The van der Waals surface area contributed by atoms with Crippen LogP contribution in [0.5, 0.6) is 0 Å². The molecular formula is C13H22N2O2. The van der Waals surface area contributed by atoms with E-state index in [1.807, 2.05) is 6.92 Å². The van der Waals surface area contributed by atoms with Crippen molar-refractivity contribution in [2.75, 3.05) is 19.7 Å². The molecule has 1 atom stereocenters. The summed E-state index contributed by atoms with van der Waals surface area (Å²) in [6.07, 6.45) is 5.67. The zero-order valence-electron chi connectivity index (χ0n) is 10.7. The van der Waals surface area contributed by atoms with Gasteiger partial charge in [0.2, 0.25) is 0 Å². The SMILES string of the molecule is CCOC(=O)CCCCCN1CCCC1C#N. The van der Waals surface area contributed by atoms with Gasteiger partial charge in [0.25, 0.3) is 0 Å². The second kappa shape index (κ2) is 8.08. The van der Waals surface area contributed by atoms with Crippen molar-refractivity contribution in [1.29, 1.82) is 5.26 Å². The summed E-state index contributed by atoms with van der Waals surface area (Å²) in [7, 11) is 0. The molecule has 1 fully saturated rings. The molecule has 1 heterocycles. The molecule has 0 N–H and O–H groups in total. The molecule has 4 heteroatoms. The summed E-state index contributed by atoms with van der Waals surface area (Å²) in [6, 6.07) is 2.47. The molecule has 17 heavy (non-hydrogen) atoms. The highest BCUT2D eigenvalue weighted by Gasteiger charge is 2.22. The number of nitrogens with zero attached hydrogens (tertiary/aromatic N) is 2. The number of likely N-dealkylation sites (tertiary alicyclic amines) is 1. The monoisotopic (exact) mass is 238 g/mol. The van der Waals surface area contributed by atoms with E-state index < -0.39 is 0 Å². The van der Waals surface area contributed by atoms with Crippen LogP contribution in [0.15, 0.2) is 0 Å². The molecule has 0 amide bonds. The second-order valence-corrected chi connectivity index (χ2v) is 4.44. The predicted molar refractivity (Wildman–Crippen MR) is 65.3 cm³/mol. The number of carbonyl (C=O) groups is 1. The minimum Gasteiger partial charge on any atom is -0.466 e. The number of carbonyl (C=O) groups excluding carboxylic acids is 1. The highest BCUT2D eigenvalue weighted by Crippen LogP contribution is 2.17. The first-order valence-electron chi connectivity index (χ1n) is 6.57. The van der Waals surface area contributed by atoms with Gasteiger partial charge in [0.1, 0.15) is 0 Å². The Bertz CT molecular complexity index is 273. The quantitative estimate of drug-likeness (QED) is 0.503. The molecule has 0 spiro atoms. The fourth-order valence-electron chi connectivity index (χ4n) is 2.23. The maximum Gasteiger partial charge on any atom is 0.305 e. The van der Waals surface area contributed by atoms with Crippen LogP contribution in [0, 0.1) is 11.3 Å². The van der Waals surface area contributed by atoms with Gasteiger partial charge in [-0.2, -0.15) is 5.26 Å². The number of hydrogen-bond acceptors (Lipinski definition) is 4. The van der Waals surface area contributed by atoms with E-state index in [4.69, 9.17) is 10.00 Å². The van der Waals surface area contributed by atoms with Gasteiger partial charge in [-0.15, -0.1) is 0 Å². The van der Waals surface area contributed by atoms with Gasteiger partial charge in [-0.3, -0.25) is 9.69 Å². The molecule has 0 saturated carbocycles. The zero-order chi connectivity index (χ0) is 12.5. The summed E-state index contributed by atoms with van der Waals surface area (Å²) in [5.41, 5.74) is 0. The Morgan fingerprint density at radius 1 is 1.47 bits per heavy atom. The Balaban J connectivity index is 2.01. The molecule has 0 aliphatic carbocycles. The first kappa shape index (κ1) is 14.0. The van der Waals surface area contributed by atoms with Gasteiger partial charge in [-0.05, 0) is 45.7 Å². The standard InChI is InChI=1S/C13H22N2O2/c1-2-17-13(16)8-4-3-5-9-15-10-6-7-12(15)11-14/h12H,2-10H2,1H3. The van der Waals surface area contributed by atoms with Gasteiger partial charge in [-0.25, -0.2) is 0 Å². The van der Waals surface area contributed by atoms with Crippen molar-refractivity contribution in [3.05, 3.63) is 0 Å². The molecule has 0 bridgehead atoms. The van der Waals surface area contributed by atoms with E-state index in [0.29, 0.717) is 13.0 Å². The molecule has 1 rings (SSSR count). The van der Waals surface area contributed by atoms with Crippen molar-refractivity contribution in [3.8, 4) is 6.07 Å². The molecule has 0 aromatic heterocycles. The summed E-state index contributed by atoms with van der Waals surface area (Å²) in [5, 5.41) is 8.92. The molecular weight excluding hydrogens is 216 g/mol. The molecule has 0 aromatic rings. The Labute approximate surface area is 104 Å². The van der Waals surface area contributed by atoms with Gasteiger partial charge in [0.05, 0.1) is 18.7 Å². The molecule has 1 aliphatic heterocycles. The van der Waals surface area contributed by atoms with Crippen LogP contribution in [0.25, 0.3) is 0 Å². The van der Waals surface area contributed by atoms with Gasteiger partial charge in [0.15, 0.2) is 0 Å². The third-order valence-electron chi connectivity index (χ3n) is 3.14. The van der Waals surface area contributed by atoms with E-state index in [1.165, 1.54) is 0 Å². The summed E-state index contributed by atoms with van der Waals surface area (Å²) in [5.74, 6) is -0.0939. The first-order chi connectivity index (χ1) is 8.27. The van der Waals surface area contributed by atoms with Gasteiger partial charge in [-0.1, -0.05) is 6.42 Å². The third kappa shape index (κ3) is 5.18. The van der Waals surface area contributed by atoms with Crippen LogP contribution in [-0.2, 0) is 9.53 Å². The van der Waals surface area contributed by atoms with Crippen LogP contribution in [0.2, 0.25) is 0 Å². The Hall–Kier alpha value is -1.08. The van der Waals surface area contributed by atoms with Gasteiger partial charge >= 0.3 is 5.97 Å². The average molecular weight is 238 g/mol. The van der Waals surface area contributed by atoms with E-state index in [-0.39, 0.29) is 12.0 Å². The molecule has 4 nitrogen and oxygen atoms in total. The lowest BCUT2D eigenvalue weighted by Gasteiger charge is -2.18. The highest BCUT2D eigenvalue weighted by atomic mass is 16.5. The fourth-order valence-corrected chi connectivity index (χ4v) is 2.23. The maximum absolute atomic E-state index is 11.1. The second-order valence-electron chi connectivity index (χ2n) is 4.44. The van der Waals surface area contributed by atoms with Gasteiger partial charge in [0, 0.05) is 6.42 Å². The predicted octanol–water partition coefficient (Wildman–Crippen LogP) is 2.10. The van der Waals surface area contributed by atoms with Crippen LogP contribution in [0.1, 0.15) is 45.4 Å². The van der Waals surface area contributed by atoms with Crippen LogP contribution in [-0.4, -0.2) is 36.6 Å². The lowest BCUT2D eigenvalue weighted by molar-refractivity contribution is -0.143. The topological polar surface area (TPSA) is 53.3 Å². The van der Waals surface area contributed by atoms with E-state index >= 15 is 0 Å². The van der Waals surface area contributed by atoms with Crippen LogP contribution in [0.4, 0.5) is 0 Å². The number of rotatable bonds is 7. The van der Waals surface area contributed by atoms with Gasteiger partial charge < -0.3 is 4.74 Å². The smallest absolute Gasteiger partial charge is 0.305 e. The Morgan fingerprint density at radius 3 is 3.00 bits per heavy atom. The Morgan fingerprint density at radius 2 is 2.29 bits per heavy atom. The summed E-state index contributed by atoms with van der Waals surface area (Å²) in [6.45, 7) is 4.33. The van der Waals surface area contributed by atoms with E-state index in [9.17, 15) is 4.79 Å². The van der Waals surface area contributed by atoms with E-state index in [0.717, 1.165) is 45.2 Å². The van der Waals surface area contributed by atoms with Crippen molar-refractivity contribution in [1.82, 2.24) is 4.90 Å². The van der Waals surface area contributed by atoms with E-state index in [2.05, 4.69) is 11.0 Å². The number of ether oxygens (including phenoxy) is 1. The minimum atomic E-state index is -0.0939. The molecule has 1 unspecified atom stereocenters. The lowest BCUT2D eigenvalue weighted by atomic mass is 10.2. The number of hydrogen-bond donors (Lipinski definition) is 0. The van der Waals surface area contributed by atoms with Crippen molar-refractivity contribution in [2.45, 2.75) is 51.5 Å². The maximum atomic E-state index is 11.1. The van der Waals surface area contributed by atoms with Crippen molar-refractivity contribution in [2.24, 2.45) is 0 Å². The van der Waals surface area contributed by atoms with Crippen molar-refractivity contribution >= 4 is 5.97 Å². The fraction of sp³-hybridized carbons (Fsp3) is 0.846. The minimum absolute atomic E-state index is 0.0939. The third-order valence-corrected chi connectivity index (χ3v) is 3.14. The number of esters is 1. The molecule has 0 aromatic carbocycles. The van der Waals surface area contributed by atoms with Crippen LogP contribution >= 0.6 is 0 Å². The lowest BCUT2D eigenvalue weighted by Crippen LogP contribution is -2.29. The van der Waals surface area contributed by atoms with Crippen LogP contribution < -0.4 is 0 Å². The Kier molecular flexibility index (Phi) is 6.64. The van der Waals surface area contributed by atoms with E-state index in [1.54, 1.807) is 0 Å². The molecule has 1 saturated heterocycles. The number of nitriles is 1. The molecule has 1 aliphatic rings. The molecule has 0 radical (unpaired) electrons. The molecule has 96 valence electrons. The van der Waals surface area contributed by atoms with Crippen LogP contribution in [0.3, 0.4) is 0 Å². The first-order valence-corrected chi connectivity index (χ1v) is 6.57. The van der Waals surface area contributed by atoms with Crippen molar-refractivity contribution in [3.63, 3.8) is 0 Å². The number of unbranched alkanes of at least 4 members (excludes halogenated alkanes) is 2. The zero-order valence-corrected chi connectivity index (χ0v) is 10.7.